The van der Waals surface area contributed by atoms with E-state index in [2.05, 4.69) is 11.7 Å². The fourth-order valence-electron chi connectivity index (χ4n) is 1.35. The van der Waals surface area contributed by atoms with Gasteiger partial charge in [0.2, 0.25) is 0 Å². The Morgan fingerprint density at radius 2 is 2.19 bits per heavy atom. The standard InChI is InChI=1S/C12H16O4/c1-3-4-9-5-6-10(13)7-11(9)16-8-12(14)15-2/h5-7,13H,3-4,8H2,1-2H3. The van der Waals surface area contributed by atoms with Gasteiger partial charge in [-0.05, 0) is 18.1 Å². The molecule has 1 rings (SSSR count). The molecule has 4 heteroatoms. The number of carbonyl (C=O) groups excluding carboxylic acids is 1. The second-order valence-electron chi connectivity index (χ2n) is 3.41. The van der Waals surface area contributed by atoms with Crippen LogP contribution in [0.15, 0.2) is 18.2 Å². The molecule has 0 bridgehead atoms. The molecule has 0 amide bonds. The highest BCUT2D eigenvalue weighted by Crippen LogP contribution is 2.25. The van der Waals surface area contributed by atoms with Crippen LogP contribution in [0.1, 0.15) is 18.9 Å². The summed E-state index contributed by atoms with van der Waals surface area (Å²) in [5.74, 6) is 0.220. The summed E-state index contributed by atoms with van der Waals surface area (Å²) in [6.07, 6.45) is 1.82. The maximum atomic E-state index is 10.9. The van der Waals surface area contributed by atoms with Crippen molar-refractivity contribution in [1.82, 2.24) is 0 Å². The molecule has 4 nitrogen and oxygen atoms in total. The third kappa shape index (κ3) is 3.46. The predicted octanol–water partition coefficient (Wildman–Crippen LogP) is 1.90. The van der Waals surface area contributed by atoms with Crippen LogP contribution in [0.3, 0.4) is 0 Å². The molecule has 0 spiro atoms. The summed E-state index contributed by atoms with van der Waals surface area (Å²) >= 11 is 0. The van der Waals surface area contributed by atoms with Crippen molar-refractivity contribution < 1.29 is 19.4 Å². The van der Waals surface area contributed by atoms with Crippen LogP contribution in [0, 0.1) is 0 Å². The number of benzene rings is 1. The van der Waals surface area contributed by atoms with Gasteiger partial charge in [-0.2, -0.15) is 0 Å². The van der Waals surface area contributed by atoms with Gasteiger partial charge in [0, 0.05) is 6.07 Å². The number of hydrogen-bond acceptors (Lipinski definition) is 4. The zero-order valence-corrected chi connectivity index (χ0v) is 9.53. The lowest BCUT2D eigenvalue weighted by Gasteiger charge is -2.10. The van der Waals surface area contributed by atoms with Crippen molar-refractivity contribution in [3.8, 4) is 11.5 Å². The van der Waals surface area contributed by atoms with E-state index in [9.17, 15) is 9.90 Å². The summed E-state index contributed by atoms with van der Waals surface area (Å²) in [7, 11) is 1.31. The van der Waals surface area contributed by atoms with Gasteiger partial charge in [0.05, 0.1) is 7.11 Å². The van der Waals surface area contributed by atoms with E-state index < -0.39 is 5.97 Å². The lowest BCUT2D eigenvalue weighted by molar-refractivity contribution is -0.142. The molecule has 0 unspecified atom stereocenters. The van der Waals surface area contributed by atoms with Crippen molar-refractivity contribution in [3.63, 3.8) is 0 Å². The van der Waals surface area contributed by atoms with E-state index in [1.165, 1.54) is 13.2 Å². The molecule has 1 aromatic rings. The number of hydrogen-bond donors (Lipinski definition) is 1. The predicted molar refractivity (Wildman–Crippen MR) is 59.6 cm³/mol. The average molecular weight is 224 g/mol. The number of phenolic OH excluding ortho intramolecular Hbond substituents is 1. The van der Waals surface area contributed by atoms with Crippen molar-refractivity contribution >= 4 is 5.97 Å². The highest BCUT2D eigenvalue weighted by molar-refractivity contribution is 5.71. The number of aryl methyl sites for hydroxylation is 1. The monoisotopic (exact) mass is 224 g/mol. The molecule has 0 aliphatic rings. The summed E-state index contributed by atoms with van der Waals surface area (Å²) in [5.41, 5.74) is 0.976. The first kappa shape index (κ1) is 12.4. The SMILES string of the molecule is CCCc1ccc(O)cc1OCC(=O)OC. The summed E-state index contributed by atoms with van der Waals surface area (Å²) in [6, 6.07) is 4.91. The molecule has 0 atom stereocenters. The Kier molecular flexibility index (Phi) is 4.64. The number of carbonyl (C=O) groups is 1. The molecule has 1 N–H and O–H groups in total. The molecule has 0 aliphatic heterocycles. The molecule has 0 saturated heterocycles. The van der Waals surface area contributed by atoms with Gasteiger partial charge in [0.1, 0.15) is 11.5 Å². The van der Waals surface area contributed by atoms with Crippen LogP contribution in [0.5, 0.6) is 11.5 Å². The van der Waals surface area contributed by atoms with Crippen molar-refractivity contribution in [3.05, 3.63) is 23.8 Å². The average Bonchev–Trinajstić information content (AvgIpc) is 2.29. The van der Waals surface area contributed by atoms with E-state index in [4.69, 9.17) is 4.74 Å². The molecule has 0 heterocycles. The molecule has 0 radical (unpaired) electrons. The maximum Gasteiger partial charge on any atom is 0.343 e. The Morgan fingerprint density at radius 1 is 1.44 bits per heavy atom. The Bertz CT molecular complexity index is 360. The van der Waals surface area contributed by atoms with Crippen LogP contribution in [0.2, 0.25) is 0 Å². The van der Waals surface area contributed by atoms with Crippen molar-refractivity contribution in [2.75, 3.05) is 13.7 Å². The van der Waals surface area contributed by atoms with E-state index in [1.54, 1.807) is 12.1 Å². The van der Waals surface area contributed by atoms with E-state index >= 15 is 0 Å². The first-order valence-electron chi connectivity index (χ1n) is 5.19. The Morgan fingerprint density at radius 3 is 2.81 bits per heavy atom. The second kappa shape index (κ2) is 6.00. The molecule has 16 heavy (non-hydrogen) atoms. The number of ether oxygens (including phenoxy) is 2. The van der Waals surface area contributed by atoms with Gasteiger partial charge in [-0.1, -0.05) is 19.4 Å². The minimum atomic E-state index is -0.439. The minimum Gasteiger partial charge on any atom is -0.508 e. The number of esters is 1. The van der Waals surface area contributed by atoms with Gasteiger partial charge in [-0.15, -0.1) is 0 Å². The summed E-state index contributed by atoms with van der Waals surface area (Å²) < 4.78 is 9.76. The normalized spacial score (nSPS) is 9.88. The highest BCUT2D eigenvalue weighted by atomic mass is 16.6. The van der Waals surface area contributed by atoms with Gasteiger partial charge < -0.3 is 14.6 Å². The van der Waals surface area contributed by atoms with E-state index in [1.807, 2.05) is 0 Å². The lowest BCUT2D eigenvalue weighted by atomic mass is 10.1. The fraction of sp³-hybridized carbons (Fsp3) is 0.417. The molecular weight excluding hydrogens is 208 g/mol. The Labute approximate surface area is 94.8 Å². The van der Waals surface area contributed by atoms with Crippen molar-refractivity contribution in [2.45, 2.75) is 19.8 Å². The molecule has 0 aliphatic carbocycles. The molecule has 1 aromatic carbocycles. The molecule has 0 saturated carbocycles. The van der Waals surface area contributed by atoms with Gasteiger partial charge in [-0.3, -0.25) is 0 Å². The van der Waals surface area contributed by atoms with Crippen molar-refractivity contribution in [1.29, 1.82) is 0 Å². The fourth-order valence-corrected chi connectivity index (χ4v) is 1.35. The van der Waals surface area contributed by atoms with Crippen LogP contribution in [0.25, 0.3) is 0 Å². The summed E-state index contributed by atoms with van der Waals surface area (Å²) in [5, 5.41) is 9.33. The first-order chi connectivity index (χ1) is 7.67. The van der Waals surface area contributed by atoms with Gasteiger partial charge in [0.25, 0.3) is 0 Å². The Hall–Kier alpha value is -1.71. The quantitative estimate of drug-likeness (QED) is 0.776. The van der Waals surface area contributed by atoms with Gasteiger partial charge >= 0.3 is 5.97 Å². The van der Waals surface area contributed by atoms with Crippen LogP contribution in [-0.2, 0) is 16.0 Å². The number of methoxy groups -OCH3 is 1. The minimum absolute atomic E-state index is 0.125. The molecule has 0 aromatic heterocycles. The van der Waals surface area contributed by atoms with Crippen LogP contribution in [0.4, 0.5) is 0 Å². The zero-order valence-electron chi connectivity index (χ0n) is 9.53. The maximum absolute atomic E-state index is 10.9. The molecule has 0 fully saturated rings. The van der Waals surface area contributed by atoms with Gasteiger partial charge in [0.15, 0.2) is 6.61 Å². The van der Waals surface area contributed by atoms with Crippen LogP contribution >= 0.6 is 0 Å². The smallest absolute Gasteiger partial charge is 0.343 e. The van der Waals surface area contributed by atoms with E-state index in [-0.39, 0.29) is 12.4 Å². The molecule has 88 valence electrons. The lowest BCUT2D eigenvalue weighted by Crippen LogP contribution is -2.13. The summed E-state index contributed by atoms with van der Waals surface area (Å²) in [4.78, 5) is 10.9. The van der Waals surface area contributed by atoms with Crippen molar-refractivity contribution in [2.24, 2.45) is 0 Å². The Balaban J connectivity index is 2.75. The highest BCUT2D eigenvalue weighted by Gasteiger charge is 2.07. The zero-order chi connectivity index (χ0) is 12.0. The van der Waals surface area contributed by atoms with Gasteiger partial charge in [-0.25, -0.2) is 4.79 Å². The first-order valence-corrected chi connectivity index (χ1v) is 5.19. The van der Waals surface area contributed by atoms with E-state index in [0.717, 1.165) is 18.4 Å². The third-order valence-electron chi connectivity index (χ3n) is 2.14. The van der Waals surface area contributed by atoms with E-state index in [0.29, 0.717) is 5.75 Å². The second-order valence-corrected chi connectivity index (χ2v) is 3.41. The largest absolute Gasteiger partial charge is 0.508 e. The van der Waals surface area contributed by atoms with Crippen LogP contribution < -0.4 is 4.74 Å². The number of aromatic hydroxyl groups is 1. The number of rotatable bonds is 5. The van der Waals surface area contributed by atoms with Crippen LogP contribution in [-0.4, -0.2) is 24.8 Å². The molecular formula is C12H16O4. The summed E-state index contributed by atoms with van der Waals surface area (Å²) in [6.45, 7) is 1.91. The topological polar surface area (TPSA) is 55.8 Å². The number of phenols is 1. The third-order valence-corrected chi connectivity index (χ3v) is 2.14.